The van der Waals surface area contributed by atoms with Gasteiger partial charge in [0.15, 0.2) is 0 Å². The summed E-state index contributed by atoms with van der Waals surface area (Å²) in [5, 5.41) is 16.6. The summed E-state index contributed by atoms with van der Waals surface area (Å²) >= 11 is 0. The van der Waals surface area contributed by atoms with Crippen molar-refractivity contribution < 1.29 is 14.6 Å². The van der Waals surface area contributed by atoms with Crippen LogP contribution in [0.1, 0.15) is 40.7 Å². The molecule has 1 amide bonds. The largest absolute Gasteiger partial charge is 0.390 e. The minimum Gasteiger partial charge on any atom is -0.390 e. The van der Waals surface area contributed by atoms with Crippen LogP contribution in [-0.2, 0) is 17.7 Å². The first-order chi connectivity index (χ1) is 14.7. The highest BCUT2D eigenvalue weighted by Crippen LogP contribution is 2.19. The number of aliphatic hydroxyl groups is 1. The molecular weight excluding hydrogens is 378 g/mol. The number of β-amino-alcohol motifs (C(OH)–C–C–N with tert-alkyl or cyclic N) is 1. The van der Waals surface area contributed by atoms with Gasteiger partial charge in [-0.15, -0.1) is 0 Å². The Morgan fingerprint density at radius 1 is 1.17 bits per heavy atom. The van der Waals surface area contributed by atoms with Gasteiger partial charge in [-0.2, -0.15) is 0 Å². The molecule has 2 heterocycles. The smallest absolute Gasteiger partial charge is 0.251 e. The van der Waals surface area contributed by atoms with Crippen LogP contribution in [0.4, 0.5) is 5.69 Å². The predicted molar refractivity (Wildman–Crippen MR) is 117 cm³/mol. The molecule has 30 heavy (non-hydrogen) atoms. The normalized spacial score (nSPS) is 20.2. The molecule has 0 radical (unpaired) electrons. The van der Waals surface area contributed by atoms with Crippen LogP contribution in [0.5, 0.6) is 0 Å². The molecule has 160 valence electrons. The van der Waals surface area contributed by atoms with Crippen LogP contribution in [0.3, 0.4) is 0 Å². The van der Waals surface area contributed by atoms with E-state index in [9.17, 15) is 9.90 Å². The molecule has 2 aromatic rings. The number of rotatable bonds is 7. The Bertz CT molecular complexity index is 851. The molecule has 6 heteroatoms. The van der Waals surface area contributed by atoms with E-state index in [1.54, 1.807) is 6.07 Å². The van der Waals surface area contributed by atoms with Crippen molar-refractivity contribution in [2.45, 2.75) is 44.6 Å². The number of hydrogen-bond acceptors (Lipinski definition) is 5. The van der Waals surface area contributed by atoms with Gasteiger partial charge in [0.05, 0.1) is 6.10 Å². The van der Waals surface area contributed by atoms with Crippen molar-refractivity contribution in [3.8, 4) is 0 Å². The lowest BCUT2D eigenvalue weighted by Crippen LogP contribution is -2.42. The van der Waals surface area contributed by atoms with Gasteiger partial charge in [0, 0.05) is 44.0 Å². The molecule has 0 spiro atoms. The fraction of sp³-hybridized carbons (Fsp3) is 0.458. The summed E-state index contributed by atoms with van der Waals surface area (Å²) in [6, 6.07) is 15.9. The van der Waals surface area contributed by atoms with Crippen LogP contribution >= 0.6 is 0 Å². The highest BCUT2D eigenvalue weighted by atomic mass is 16.5. The zero-order valence-electron chi connectivity index (χ0n) is 17.3. The van der Waals surface area contributed by atoms with Crippen molar-refractivity contribution in [3.05, 3.63) is 65.2 Å². The third-order valence-corrected chi connectivity index (χ3v) is 5.81. The van der Waals surface area contributed by atoms with E-state index in [4.69, 9.17) is 4.74 Å². The number of carbonyl (C=O) groups excluding carboxylic acids is 1. The van der Waals surface area contributed by atoms with Crippen molar-refractivity contribution in [2.75, 3.05) is 31.6 Å². The number of nitrogens with zero attached hydrogens (tertiary/aromatic N) is 1. The Balaban J connectivity index is 1.24. The van der Waals surface area contributed by atoms with Crippen molar-refractivity contribution in [1.29, 1.82) is 0 Å². The summed E-state index contributed by atoms with van der Waals surface area (Å²) in [7, 11) is 0. The van der Waals surface area contributed by atoms with Gasteiger partial charge in [0.1, 0.15) is 6.23 Å². The first kappa shape index (κ1) is 20.8. The number of fused-ring (bicyclic) bond motifs is 1. The summed E-state index contributed by atoms with van der Waals surface area (Å²) in [6.07, 6.45) is 3.64. The summed E-state index contributed by atoms with van der Waals surface area (Å²) in [5.74, 6) is -0.175. The monoisotopic (exact) mass is 409 g/mol. The van der Waals surface area contributed by atoms with Crippen LogP contribution in [0.2, 0.25) is 0 Å². The van der Waals surface area contributed by atoms with E-state index >= 15 is 0 Å². The molecule has 1 fully saturated rings. The van der Waals surface area contributed by atoms with Gasteiger partial charge in [-0.3, -0.25) is 9.69 Å². The second kappa shape index (κ2) is 10.1. The highest BCUT2D eigenvalue weighted by molar-refractivity contribution is 5.95. The molecule has 2 aliphatic rings. The molecule has 4 rings (SSSR count). The Morgan fingerprint density at radius 3 is 2.87 bits per heavy atom. The van der Waals surface area contributed by atoms with Gasteiger partial charge < -0.3 is 20.5 Å². The molecule has 0 saturated carbocycles. The van der Waals surface area contributed by atoms with Gasteiger partial charge in [0.25, 0.3) is 5.91 Å². The zero-order chi connectivity index (χ0) is 20.8. The second-order valence-electron chi connectivity index (χ2n) is 8.20. The first-order valence-corrected chi connectivity index (χ1v) is 10.9. The summed E-state index contributed by atoms with van der Waals surface area (Å²) in [6.45, 7) is 3.34. The number of benzene rings is 2. The van der Waals surface area contributed by atoms with E-state index in [-0.39, 0.29) is 18.7 Å². The molecule has 6 nitrogen and oxygen atoms in total. The second-order valence-corrected chi connectivity index (χ2v) is 8.20. The lowest BCUT2D eigenvalue weighted by Gasteiger charge is -2.30. The number of nitrogens with one attached hydrogen (secondary N) is 2. The topological polar surface area (TPSA) is 73.8 Å². The van der Waals surface area contributed by atoms with Gasteiger partial charge in [-0.1, -0.05) is 30.3 Å². The van der Waals surface area contributed by atoms with Crippen LogP contribution < -0.4 is 10.6 Å². The van der Waals surface area contributed by atoms with Crippen LogP contribution in [0.15, 0.2) is 48.5 Å². The SMILES string of the molecule is O=C(NCC(O)CN1CCc2ccccc2C1)c1cccc(N[C@@H]2CCCCO2)c1. The summed E-state index contributed by atoms with van der Waals surface area (Å²) in [5.41, 5.74) is 4.17. The van der Waals surface area contributed by atoms with Gasteiger partial charge in [-0.25, -0.2) is 0 Å². The van der Waals surface area contributed by atoms with Crippen molar-refractivity contribution in [2.24, 2.45) is 0 Å². The number of aliphatic hydroxyl groups excluding tert-OH is 1. The van der Waals surface area contributed by atoms with E-state index in [2.05, 4.69) is 39.8 Å². The molecular formula is C24H31N3O3. The Hall–Kier alpha value is -2.41. The maximum atomic E-state index is 12.6. The lowest BCUT2D eigenvalue weighted by atomic mass is 10.00. The van der Waals surface area contributed by atoms with E-state index < -0.39 is 6.10 Å². The fourth-order valence-electron chi connectivity index (χ4n) is 4.18. The van der Waals surface area contributed by atoms with Crippen molar-refractivity contribution in [1.82, 2.24) is 10.2 Å². The van der Waals surface area contributed by atoms with Gasteiger partial charge in [0.2, 0.25) is 0 Å². The number of amides is 1. The molecule has 1 unspecified atom stereocenters. The summed E-state index contributed by atoms with van der Waals surface area (Å²) < 4.78 is 5.71. The van der Waals surface area contributed by atoms with Crippen LogP contribution in [0.25, 0.3) is 0 Å². The molecule has 0 aliphatic carbocycles. The predicted octanol–water partition coefficient (Wildman–Crippen LogP) is 2.77. The van der Waals surface area contributed by atoms with Crippen LogP contribution in [-0.4, -0.2) is 54.5 Å². The molecule has 3 N–H and O–H groups in total. The lowest BCUT2D eigenvalue weighted by molar-refractivity contribution is 0.0343. The van der Waals surface area contributed by atoms with E-state index in [1.165, 1.54) is 11.1 Å². The van der Waals surface area contributed by atoms with Crippen molar-refractivity contribution >= 4 is 11.6 Å². The van der Waals surface area contributed by atoms with E-state index in [0.29, 0.717) is 12.1 Å². The Kier molecular flexibility index (Phi) is 7.00. The average molecular weight is 410 g/mol. The minimum absolute atomic E-state index is 0.00792. The molecule has 2 aromatic carbocycles. The van der Waals surface area contributed by atoms with E-state index in [0.717, 1.165) is 51.1 Å². The molecule has 1 saturated heterocycles. The number of carbonyl (C=O) groups is 1. The Labute approximate surface area is 178 Å². The summed E-state index contributed by atoms with van der Waals surface area (Å²) in [4.78, 5) is 14.8. The van der Waals surface area contributed by atoms with Gasteiger partial charge in [-0.05, 0) is 55.0 Å². The maximum absolute atomic E-state index is 12.6. The molecule has 2 atom stereocenters. The fourth-order valence-corrected chi connectivity index (χ4v) is 4.18. The molecule has 2 aliphatic heterocycles. The maximum Gasteiger partial charge on any atom is 0.251 e. The number of ether oxygens (including phenoxy) is 1. The quantitative estimate of drug-likeness (QED) is 0.656. The number of hydrogen-bond donors (Lipinski definition) is 3. The molecule has 0 bridgehead atoms. The highest BCUT2D eigenvalue weighted by Gasteiger charge is 2.19. The number of anilines is 1. The third-order valence-electron chi connectivity index (χ3n) is 5.81. The molecule has 0 aromatic heterocycles. The standard InChI is InChI=1S/C24H31N3O3/c28-22(17-27-12-11-18-6-1-2-7-20(18)16-27)15-25-24(29)19-8-5-9-21(14-19)26-23-10-3-4-13-30-23/h1-2,5-9,14,22-23,26,28H,3-4,10-13,15-17H2,(H,25,29)/t22?,23-/m0/s1. The first-order valence-electron chi connectivity index (χ1n) is 10.9. The van der Waals surface area contributed by atoms with E-state index in [1.807, 2.05) is 18.2 Å². The average Bonchev–Trinajstić information content (AvgIpc) is 2.78. The van der Waals surface area contributed by atoms with Crippen molar-refractivity contribution in [3.63, 3.8) is 0 Å². The van der Waals surface area contributed by atoms with Gasteiger partial charge >= 0.3 is 0 Å². The Morgan fingerprint density at radius 2 is 2.03 bits per heavy atom. The van der Waals surface area contributed by atoms with Crippen LogP contribution in [0, 0.1) is 0 Å². The zero-order valence-corrected chi connectivity index (χ0v) is 17.3. The minimum atomic E-state index is -0.601. The third kappa shape index (κ3) is 5.59.